The first-order valence-electron chi connectivity index (χ1n) is 7.00. The number of aryl methyl sites for hydroxylation is 2. The molecule has 0 radical (unpaired) electrons. The molecule has 1 saturated carbocycles. The van der Waals surface area contributed by atoms with Crippen LogP contribution in [0.15, 0.2) is 40.6 Å². The fraction of sp³-hybridized carbons (Fsp3) is 0.375. The SMILES string of the molecule is Cc1cnc(Sc2ccc(CNC3CC3)cc2C)nc1. The Bertz CT molecular complexity index is 591. The highest BCUT2D eigenvalue weighted by Crippen LogP contribution is 2.28. The summed E-state index contributed by atoms with van der Waals surface area (Å²) in [5.41, 5.74) is 3.73. The standard InChI is InChI=1S/C16H19N3S/c1-11-8-18-16(19-9-11)20-15-6-3-13(7-12(15)2)10-17-14-4-5-14/h3,6-9,14,17H,4-5,10H2,1-2H3. The van der Waals surface area contributed by atoms with E-state index in [9.17, 15) is 0 Å². The number of hydrogen-bond donors (Lipinski definition) is 1. The summed E-state index contributed by atoms with van der Waals surface area (Å²) in [6.45, 7) is 5.12. The fourth-order valence-electron chi connectivity index (χ4n) is 2.02. The Morgan fingerprint density at radius 2 is 1.95 bits per heavy atom. The van der Waals surface area contributed by atoms with Crippen molar-refractivity contribution in [2.75, 3.05) is 0 Å². The van der Waals surface area contributed by atoms with E-state index in [-0.39, 0.29) is 0 Å². The maximum Gasteiger partial charge on any atom is 0.192 e. The van der Waals surface area contributed by atoms with E-state index in [1.165, 1.54) is 28.9 Å². The summed E-state index contributed by atoms with van der Waals surface area (Å²) >= 11 is 1.63. The highest BCUT2D eigenvalue weighted by atomic mass is 32.2. The van der Waals surface area contributed by atoms with Crippen LogP contribution in [0.1, 0.15) is 29.5 Å². The van der Waals surface area contributed by atoms with E-state index in [1.807, 2.05) is 19.3 Å². The summed E-state index contributed by atoms with van der Waals surface area (Å²) in [7, 11) is 0. The van der Waals surface area contributed by atoms with Crippen LogP contribution in [-0.2, 0) is 6.54 Å². The molecule has 0 atom stereocenters. The predicted octanol–water partition coefficient (Wildman–Crippen LogP) is 3.50. The van der Waals surface area contributed by atoms with E-state index < -0.39 is 0 Å². The highest BCUT2D eigenvalue weighted by molar-refractivity contribution is 7.99. The lowest BCUT2D eigenvalue weighted by Gasteiger charge is -2.08. The van der Waals surface area contributed by atoms with E-state index in [0.29, 0.717) is 0 Å². The van der Waals surface area contributed by atoms with Gasteiger partial charge < -0.3 is 5.32 Å². The van der Waals surface area contributed by atoms with Crippen LogP contribution in [0, 0.1) is 13.8 Å². The molecule has 1 aromatic heterocycles. The minimum atomic E-state index is 0.755. The predicted molar refractivity (Wildman–Crippen MR) is 81.9 cm³/mol. The molecule has 0 spiro atoms. The van der Waals surface area contributed by atoms with Crippen molar-refractivity contribution < 1.29 is 0 Å². The van der Waals surface area contributed by atoms with E-state index in [0.717, 1.165) is 23.3 Å². The summed E-state index contributed by atoms with van der Waals surface area (Å²) in [6, 6.07) is 7.38. The first-order chi connectivity index (χ1) is 9.70. The molecule has 20 heavy (non-hydrogen) atoms. The van der Waals surface area contributed by atoms with Crippen molar-refractivity contribution in [2.24, 2.45) is 0 Å². The summed E-state index contributed by atoms with van der Waals surface area (Å²) in [4.78, 5) is 9.91. The van der Waals surface area contributed by atoms with Crippen molar-refractivity contribution in [2.45, 2.75) is 49.3 Å². The van der Waals surface area contributed by atoms with Crippen molar-refractivity contribution in [1.82, 2.24) is 15.3 Å². The average Bonchev–Trinajstić information content (AvgIpc) is 3.26. The Kier molecular flexibility index (Phi) is 4.03. The maximum atomic E-state index is 4.34. The van der Waals surface area contributed by atoms with Gasteiger partial charge in [-0.15, -0.1) is 0 Å². The van der Waals surface area contributed by atoms with Gasteiger partial charge in [-0.1, -0.05) is 12.1 Å². The monoisotopic (exact) mass is 285 g/mol. The first kappa shape index (κ1) is 13.6. The van der Waals surface area contributed by atoms with Crippen LogP contribution in [0.5, 0.6) is 0 Å². The van der Waals surface area contributed by atoms with E-state index in [1.54, 1.807) is 11.8 Å². The third kappa shape index (κ3) is 3.58. The van der Waals surface area contributed by atoms with E-state index >= 15 is 0 Å². The summed E-state index contributed by atoms with van der Waals surface area (Å²) in [5.74, 6) is 0. The lowest BCUT2D eigenvalue weighted by atomic mass is 10.1. The molecule has 3 nitrogen and oxygen atoms in total. The number of benzene rings is 1. The van der Waals surface area contributed by atoms with Crippen molar-refractivity contribution in [3.05, 3.63) is 47.3 Å². The Labute approximate surface area is 124 Å². The minimum absolute atomic E-state index is 0.755. The summed E-state index contributed by atoms with van der Waals surface area (Å²) in [6.07, 6.45) is 6.38. The van der Waals surface area contributed by atoms with Gasteiger partial charge in [0.25, 0.3) is 0 Å². The third-order valence-corrected chi connectivity index (χ3v) is 4.44. The van der Waals surface area contributed by atoms with Crippen molar-refractivity contribution in [3.8, 4) is 0 Å². The van der Waals surface area contributed by atoms with Gasteiger partial charge >= 0.3 is 0 Å². The molecule has 0 saturated heterocycles. The normalized spacial score (nSPS) is 14.5. The molecule has 1 heterocycles. The van der Waals surface area contributed by atoms with Gasteiger partial charge in [0.2, 0.25) is 0 Å². The lowest BCUT2D eigenvalue weighted by molar-refractivity contribution is 0.687. The minimum Gasteiger partial charge on any atom is -0.310 e. The second kappa shape index (κ2) is 5.94. The molecular formula is C16H19N3S. The molecule has 1 fully saturated rings. The van der Waals surface area contributed by atoms with Gasteiger partial charge in [-0.3, -0.25) is 0 Å². The summed E-state index contributed by atoms with van der Waals surface area (Å²) in [5, 5.41) is 4.35. The second-order valence-corrected chi connectivity index (χ2v) is 6.41. The average molecular weight is 285 g/mol. The number of rotatable bonds is 5. The molecular weight excluding hydrogens is 266 g/mol. The van der Waals surface area contributed by atoms with E-state index in [2.05, 4.69) is 40.4 Å². The maximum absolute atomic E-state index is 4.34. The zero-order valence-electron chi connectivity index (χ0n) is 11.9. The summed E-state index contributed by atoms with van der Waals surface area (Å²) < 4.78 is 0. The molecule has 1 aromatic carbocycles. The van der Waals surface area contributed by atoms with Crippen molar-refractivity contribution in [1.29, 1.82) is 0 Å². The van der Waals surface area contributed by atoms with Crippen LogP contribution < -0.4 is 5.32 Å². The van der Waals surface area contributed by atoms with Crippen LogP contribution in [0.2, 0.25) is 0 Å². The number of aromatic nitrogens is 2. The van der Waals surface area contributed by atoms with Crippen LogP contribution in [-0.4, -0.2) is 16.0 Å². The Morgan fingerprint density at radius 1 is 1.20 bits per heavy atom. The van der Waals surface area contributed by atoms with Crippen molar-refractivity contribution >= 4 is 11.8 Å². The van der Waals surface area contributed by atoms with E-state index in [4.69, 9.17) is 0 Å². The van der Waals surface area contributed by atoms with Crippen LogP contribution in [0.25, 0.3) is 0 Å². The fourth-order valence-corrected chi connectivity index (χ4v) is 2.78. The zero-order chi connectivity index (χ0) is 13.9. The van der Waals surface area contributed by atoms with Gasteiger partial charge in [-0.05, 0) is 61.2 Å². The smallest absolute Gasteiger partial charge is 0.192 e. The first-order valence-corrected chi connectivity index (χ1v) is 7.82. The molecule has 3 rings (SSSR count). The molecule has 1 N–H and O–H groups in total. The van der Waals surface area contributed by atoms with Crippen LogP contribution in [0.4, 0.5) is 0 Å². The van der Waals surface area contributed by atoms with Crippen LogP contribution in [0.3, 0.4) is 0 Å². The number of hydrogen-bond acceptors (Lipinski definition) is 4. The lowest BCUT2D eigenvalue weighted by Crippen LogP contribution is -2.15. The molecule has 4 heteroatoms. The topological polar surface area (TPSA) is 37.8 Å². The molecule has 0 amide bonds. The van der Waals surface area contributed by atoms with Gasteiger partial charge in [-0.2, -0.15) is 0 Å². The van der Waals surface area contributed by atoms with Gasteiger partial charge in [0.15, 0.2) is 5.16 Å². The van der Waals surface area contributed by atoms with Gasteiger partial charge in [-0.25, -0.2) is 9.97 Å². The molecule has 0 aliphatic heterocycles. The molecule has 1 aliphatic carbocycles. The highest BCUT2D eigenvalue weighted by Gasteiger charge is 2.19. The van der Waals surface area contributed by atoms with Gasteiger partial charge in [0, 0.05) is 29.9 Å². The zero-order valence-corrected chi connectivity index (χ0v) is 12.7. The number of nitrogens with zero attached hydrogens (tertiary/aromatic N) is 2. The van der Waals surface area contributed by atoms with Crippen molar-refractivity contribution in [3.63, 3.8) is 0 Å². The molecule has 1 aliphatic rings. The second-order valence-electron chi connectivity index (χ2n) is 5.40. The Hall–Kier alpha value is -1.39. The molecule has 0 bridgehead atoms. The molecule has 2 aromatic rings. The van der Waals surface area contributed by atoms with Gasteiger partial charge in [0.1, 0.15) is 0 Å². The molecule has 0 unspecified atom stereocenters. The Morgan fingerprint density at radius 3 is 2.60 bits per heavy atom. The number of nitrogens with one attached hydrogen (secondary N) is 1. The van der Waals surface area contributed by atoms with Crippen LogP contribution >= 0.6 is 11.8 Å². The largest absolute Gasteiger partial charge is 0.310 e. The third-order valence-electron chi connectivity index (χ3n) is 3.37. The quantitative estimate of drug-likeness (QED) is 0.853. The van der Waals surface area contributed by atoms with Gasteiger partial charge in [0.05, 0.1) is 0 Å². The Balaban J connectivity index is 1.68. The molecule has 104 valence electrons.